The SMILES string of the molecule is c1ccc2c(c1)CCCC2NCCC1CCOC1. The molecule has 0 spiro atoms. The largest absolute Gasteiger partial charge is 0.381 e. The van der Waals surface area contributed by atoms with Crippen LogP contribution >= 0.6 is 0 Å². The van der Waals surface area contributed by atoms with E-state index >= 15 is 0 Å². The smallest absolute Gasteiger partial charge is 0.0495 e. The summed E-state index contributed by atoms with van der Waals surface area (Å²) in [7, 11) is 0. The van der Waals surface area contributed by atoms with Gasteiger partial charge in [0.15, 0.2) is 0 Å². The van der Waals surface area contributed by atoms with Crippen molar-refractivity contribution in [3.8, 4) is 0 Å². The maximum absolute atomic E-state index is 5.43. The Kier molecular flexibility index (Phi) is 3.96. The molecule has 2 heteroatoms. The highest BCUT2D eigenvalue weighted by molar-refractivity contribution is 5.32. The van der Waals surface area contributed by atoms with Crippen molar-refractivity contribution in [2.45, 2.75) is 38.1 Å². The number of nitrogens with one attached hydrogen (secondary N) is 1. The van der Waals surface area contributed by atoms with Gasteiger partial charge < -0.3 is 10.1 Å². The Morgan fingerprint density at radius 2 is 2.17 bits per heavy atom. The number of aryl methyl sites for hydroxylation is 1. The molecular weight excluding hydrogens is 222 g/mol. The normalized spacial score (nSPS) is 27.1. The second-order valence-corrected chi connectivity index (χ2v) is 5.62. The Labute approximate surface area is 110 Å². The molecule has 0 bridgehead atoms. The van der Waals surface area contributed by atoms with Crippen LogP contribution in [0.2, 0.25) is 0 Å². The van der Waals surface area contributed by atoms with E-state index in [-0.39, 0.29) is 0 Å². The molecule has 0 amide bonds. The monoisotopic (exact) mass is 245 g/mol. The van der Waals surface area contributed by atoms with Gasteiger partial charge in [-0.3, -0.25) is 0 Å². The van der Waals surface area contributed by atoms with E-state index in [1.54, 1.807) is 5.56 Å². The summed E-state index contributed by atoms with van der Waals surface area (Å²) in [6, 6.07) is 9.50. The third-order valence-corrected chi connectivity index (χ3v) is 4.34. The zero-order valence-electron chi connectivity index (χ0n) is 11.0. The number of benzene rings is 1. The summed E-state index contributed by atoms with van der Waals surface area (Å²) in [6.07, 6.45) is 6.38. The zero-order chi connectivity index (χ0) is 12.2. The molecule has 2 nitrogen and oxygen atoms in total. The topological polar surface area (TPSA) is 21.3 Å². The lowest BCUT2D eigenvalue weighted by Crippen LogP contribution is -2.27. The Morgan fingerprint density at radius 3 is 3.06 bits per heavy atom. The third kappa shape index (κ3) is 2.76. The number of fused-ring (bicyclic) bond motifs is 1. The Morgan fingerprint density at radius 1 is 1.22 bits per heavy atom. The second-order valence-electron chi connectivity index (χ2n) is 5.62. The lowest BCUT2D eigenvalue weighted by Gasteiger charge is -2.26. The van der Waals surface area contributed by atoms with Crippen molar-refractivity contribution in [1.29, 1.82) is 0 Å². The maximum Gasteiger partial charge on any atom is 0.0495 e. The summed E-state index contributed by atoms with van der Waals surface area (Å²) in [5.41, 5.74) is 3.08. The Bertz CT molecular complexity index is 384. The first-order valence-electron chi connectivity index (χ1n) is 7.32. The second kappa shape index (κ2) is 5.85. The summed E-state index contributed by atoms with van der Waals surface area (Å²) in [6.45, 7) is 3.08. The van der Waals surface area contributed by atoms with Crippen molar-refractivity contribution < 1.29 is 4.74 Å². The Balaban J connectivity index is 1.54. The van der Waals surface area contributed by atoms with Crippen molar-refractivity contribution >= 4 is 0 Å². The van der Waals surface area contributed by atoms with Crippen LogP contribution in [-0.4, -0.2) is 19.8 Å². The zero-order valence-corrected chi connectivity index (χ0v) is 11.0. The van der Waals surface area contributed by atoms with Gasteiger partial charge >= 0.3 is 0 Å². The molecular formula is C16H23NO. The van der Waals surface area contributed by atoms with E-state index in [0.717, 1.165) is 25.7 Å². The van der Waals surface area contributed by atoms with Gasteiger partial charge in [0.05, 0.1) is 0 Å². The van der Waals surface area contributed by atoms with E-state index < -0.39 is 0 Å². The van der Waals surface area contributed by atoms with E-state index in [9.17, 15) is 0 Å². The minimum absolute atomic E-state index is 0.581. The van der Waals surface area contributed by atoms with Crippen molar-refractivity contribution in [3.63, 3.8) is 0 Å². The average molecular weight is 245 g/mol. The highest BCUT2D eigenvalue weighted by Crippen LogP contribution is 2.29. The van der Waals surface area contributed by atoms with Gasteiger partial charge in [0.25, 0.3) is 0 Å². The molecule has 1 aliphatic heterocycles. The van der Waals surface area contributed by atoms with Crippen LogP contribution in [0, 0.1) is 5.92 Å². The third-order valence-electron chi connectivity index (χ3n) is 4.34. The van der Waals surface area contributed by atoms with Gasteiger partial charge in [-0.05, 0) is 55.7 Å². The molecule has 1 saturated heterocycles. The molecule has 2 atom stereocenters. The molecule has 2 aliphatic rings. The maximum atomic E-state index is 5.43. The van der Waals surface area contributed by atoms with E-state index in [2.05, 4.69) is 29.6 Å². The van der Waals surface area contributed by atoms with Gasteiger partial charge in [-0.25, -0.2) is 0 Å². The van der Waals surface area contributed by atoms with Gasteiger partial charge in [-0.1, -0.05) is 24.3 Å². The molecule has 0 aromatic heterocycles. The first-order valence-corrected chi connectivity index (χ1v) is 7.32. The van der Waals surface area contributed by atoms with Crippen molar-refractivity contribution in [2.24, 2.45) is 5.92 Å². The van der Waals surface area contributed by atoms with Gasteiger partial charge in [-0.15, -0.1) is 0 Å². The van der Waals surface area contributed by atoms with Gasteiger partial charge in [0, 0.05) is 19.3 Å². The first-order chi connectivity index (χ1) is 8.93. The minimum Gasteiger partial charge on any atom is -0.381 e. The molecule has 0 radical (unpaired) electrons. The van der Waals surface area contributed by atoms with Gasteiger partial charge in [-0.2, -0.15) is 0 Å². The van der Waals surface area contributed by atoms with E-state index in [1.807, 2.05) is 0 Å². The van der Waals surface area contributed by atoms with Crippen LogP contribution in [-0.2, 0) is 11.2 Å². The summed E-state index contributed by atoms with van der Waals surface area (Å²) in [4.78, 5) is 0. The minimum atomic E-state index is 0.581. The molecule has 1 fully saturated rings. The van der Waals surface area contributed by atoms with Gasteiger partial charge in [0.1, 0.15) is 0 Å². The first kappa shape index (κ1) is 12.2. The quantitative estimate of drug-likeness (QED) is 0.880. The molecule has 1 aromatic rings. The fourth-order valence-corrected chi connectivity index (χ4v) is 3.24. The van der Waals surface area contributed by atoms with Gasteiger partial charge in [0.2, 0.25) is 0 Å². The Hall–Kier alpha value is -0.860. The van der Waals surface area contributed by atoms with Crippen LogP contribution in [0.4, 0.5) is 0 Å². The molecule has 98 valence electrons. The summed E-state index contributed by atoms with van der Waals surface area (Å²) < 4.78 is 5.43. The van der Waals surface area contributed by atoms with Crippen LogP contribution in [0.1, 0.15) is 42.9 Å². The summed E-state index contributed by atoms with van der Waals surface area (Å²) in [5.74, 6) is 0.788. The molecule has 1 aliphatic carbocycles. The van der Waals surface area contributed by atoms with Crippen molar-refractivity contribution in [2.75, 3.05) is 19.8 Å². The lowest BCUT2D eigenvalue weighted by molar-refractivity contribution is 0.184. The molecule has 2 unspecified atom stereocenters. The van der Waals surface area contributed by atoms with Crippen molar-refractivity contribution in [1.82, 2.24) is 5.32 Å². The highest BCUT2D eigenvalue weighted by atomic mass is 16.5. The number of rotatable bonds is 4. The van der Waals surface area contributed by atoms with Crippen LogP contribution in [0.3, 0.4) is 0 Å². The average Bonchev–Trinajstić information content (AvgIpc) is 2.92. The molecule has 1 heterocycles. The molecule has 0 saturated carbocycles. The van der Waals surface area contributed by atoms with E-state index in [1.165, 1.54) is 37.7 Å². The van der Waals surface area contributed by atoms with Crippen LogP contribution in [0.5, 0.6) is 0 Å². The van der Waals surface area contributed by atoms with Crippen LogP contribution < -0.4 is 5.32 Å². The number of hydrogen-bond donors (Lipinski definition) is 1. The van der Waals surface area contributed by atoms with E-state index in [0.29, 0.717) is 6.04 Å². The molecule has 1 N–H and O–H groups in total. The molecule has 3 rings (SSSR count). The fourth-order valence-electron chi connectivity index (χ4n) is 3.24. The molecule has 1 aromatic carbocycles. The molecule has 18 heavy (non-hydrogen) atoms. The lowest BCUT2D eigenvalue weighted by atomic mass is 9.87. The van der Waals surface area contributed by atoms with Crippen LogP contribution in [0.15, 0.2) is 24.3 Å². The fraction of sp³-hybridized carbons (Fsp3) is 0.625. The van der Waals surface area contributed by atoms with Crippen molar-refractivity contribution in [3.05, 3.63) is 35.4 Å². The predicted molar refractivity (Wildman–Crippen MR) is 73.7 cm³/mol. The highest BCUT2D eigenvalue weighted by Gasteiger charge is 2.20. The summed E-state index contributed by atoms with van der Waals surface area (Å²) in [5, 5.41) is 3.75. The predicted octanol–water partition coefficient (Wildman–Crippen LogP) is 3.08. The number of ether oxygens (including phenoxy) is 1. The number of hydrogen-bond acceptors (Lipinski definition) is 2. The van der Waals surface area contributed by atoms with Crippen LogP contribution in [0.25, 0.3) is 0 Å². The van der Waals surface area contributed by atoms with E-state index in [4.69, 9.17) is 4.74 Å². The summed E-state index contributed by atoms with van der Waals surface area (Å²) >= 11 is 0. The standard InChI is InChI=1S/C16H23NO/c1-2-6-15-14(4-1)5-3-7-16(15)17-10-8-13-9-11-18-12-13/h1-2,4,6,13,16-17H,3,5,7-12H2.